The first-order chi connectivity index (χ1) is 4.79. The van der Waals surface area contributed by atoms with E-state index < -0.39 is 0 Å². The highest BCUT2D eigenvalue weighted by Gasteiger charge is 1.96. The van der Waals surface area contributed by atoms with Gasteiger partial charge in [-0.15, -0.1) is 12.6 Å². The SMILES string of the molecule is O=C(S)CCc1cnc[nH]1. The second-order valence-electron chi connectivity index (χ2n) is 1.97. The Morgan fingerprint density at radius 2 is 2.60 bits per heavy atom. The van der Waals surface area contributed by atoms with Gasteiger partial charge in [0.1, 0.15) is 0 Å². The Morgan fingerprint density at radius 3 is 3.10 bits per heavy atom. The Labute approximate surface area is 64.3 Å². The zero-order valence-corrected chi connectivity index (χ0v) is 6.27. The zero-order chi connectivity index (χ0) is 7.40. The van der Waals surface area contributed by atoms with Crippen LogP contribution in [0.2, 0.25) is 0 Å². The molecule has 54 valence electrons. The van der Waals surface area contributed by atoms with Crippen molar-refractivity contribution in [3.8, 4) is 0 Å². The molecule has 0 atom stereocenters. The number of aryl methyl sites for hydroxylation is 1. The van der Waals surface area contributed by atoms with Gasteiger partial charge in [0.15, 0.2) is 5.12 Å². The number of thiol groups is 1. The van der Waals surface area contributed by atoms with E-state index >= 15 is 0 Å². The van der Waals surface area contributed by atoms with Gasteiger partial charge in [-0.1, -0.05) is 0 Å². The third-order valence-electron chi connectivity index (χ3n) is 1.16. The Bertz CT molecular complexity index is 208. The van der Waals surface area contributed by atoms with Gasteiger partial charge < -0.3 is 4.98 Å². The third-order valence-corrected chi connectivity index (χ3v) is 1.39. The van der Waals surface area contributed by atoms with Crippen molar-refractivity contribution in [1.29, 1.82) is 0 Å². The van der Waals surface area contributed by atoms with Crippen molar-refractivity contribution in [3.05, 3.63) is 18.2 Å². The standard InChI is InChI=1S/C6H8N2OS/c9-6(10)2-1-5-3-7-4-8-5/h3-4H,1-2H2,(H,7,8)(H,9,10). The van der Waals surface area contributed by atoms with Gasteiger partial charge in [-0.3, -0.25) is 4.79 Å². The normalized spacial score (nSPS) is 9.70. The molecular weight excluding hydrogens is 148 g/mol. The molecule has 0 fully saturated rings. The van der Waals surface area contributed by atoms with Crippen molar-refractivity contribution in [3.63, 3.8) is 0 Å². The van der Waals surface area contributed by atoms with Crippen LogP contribution >= 0.6 is 12.6 Å². The van der Waals surface area contributed by atoms with Crippen molar-refractivity contribution in [2.24, 2.45) is 0 Å². The van der Waals surface area contributed by atoms with Crippen molar-refractivity contribution in [2.75, 3.05) is 0 Å². The lowest BCUT2D eigenvalue weighted by atomic mass is 10.3. The van der Waals surface area contributed by atoms with E-state index in [-0.39, 0.29) is 5.12 Å². The average molecular weight is 156 g/mol. The van der Waals surface area contributed by atoms with E-state index in [1.165, 1.54) is 0 Å². The van der Waals surface area contributed by atoms with Crippen LogP contribution in [0.1, 0.15) is 12.1 Å². The van der Waals surface area contributed by atoms with Crippen LogP contribution in [0.3, 0.4) is 0 Å². The van der Waals surface area contributed by atoms with E-state index in [2.05, 4.69) is 22.6 Å². The third kappa shape index (κ3) is 2.23. The first-order valence-corrected chi connectivity index (χ1v) is 3.43. The van der Waals surface area contributed by atoms with E-state index in [9.17, 15) is 4.79 Å². The molecule has 0 spiro atoms. The van der Waals surface area contributed by atoms with Crippen LogP contribution in [-0.2, 0) is 11.2 Å². The minimum atomic E-state index is -0.0883. The van der Waals surface area contributed by atoms with E-state index in [1.807, 2.05) is 0 Å². The highest BCUT2D eigenvalue weighted by Crippen LogP contribution is 1.98. The van der Waals surface area contributed by atoms with Crippen LogP contribution < -0.4 is 0 Å². The van der Waals surface area contributed by atoms with Gasteiger partial charge in [0.05, 0.1) is 6.33 Å². The minimum Gasteiger partial charge on any atom is -0.348 e. The maximum Gasteiger partial charge on any atom is 0.186 e. The molecule has 0 radical (unpaired) electrons. The molecule has 1 aromatic rings. The predicted octanol–water partition coefficient (Wildman–Crippen LogP) is 0.799. The molecule has 0 aliphatic rings. The van der Waals surface area contributed by atoms with Crippen LogP contribution in [0.25, 0.3) is 0 Å². The number of carbonyl (C=O) groups excluding carboxylic acids is 1. The molecule has 1 N–H and O–H groups in total. The zero-order valence-electron chi connectivity index (χ0n) is 5.37. The number of imidazole rings is 1. The molecule has 0 saturated heterocycles. The number of aromatic nitrogens is 2. The summed E-state index contributed by atoms with van der Waals surface area (Å²) in [5, 5.41) is -0.0883. The van der Waals surface area contributed by atoms with Gasteiger partial charge in [-0.25, -0.2) is 4.98 Å². The molecule has 1 aromatic heterocycles. The lowest BCUT2D eigenvalue weighted by Gasteiger charge is -1.90. The minimum absolute atomic E-state index is 0.0883. The lowest BCUT2D eigenvalue weighted by Crippen LogP contribution is -1.90. The quantitative estimate of drug-likeness (QED) is 0.636. The fraction of sp³-hybridized carbons (Fsp3) is 0.333. The van der Waals surface area contributed by atoms with Crippen LogP contribution in [-0.4, -0.2) is 15.1 Å². The number of hydrogen-bond acceptors (Lipinski definition) is 2. The van der Waals surface area contributed by atoms with Crippen LogP contribution in [0.15, 0.2) is 12.5 Å². The topological polar surface area (TPSA) is 45.8 Å². The summed E-state index contributed by atoms with van der Waals surface area (Å²) in [6.07, 6.45) is 4.46. The number of hydrogen-bond donors (Lipinski definition) is 2. The van der Waals surface area contributed by atoms with E-state index in [0.717, 1.165) is 5.69 Å². The average Bonchev–Trinajstić information content (AvgIpc) is 2.34. The van der Waals surface area contributed by atoms with Gasteiger partial charge in [0.2, 0.25) is 0 Å². The van der Waals surface area contributed by atoms with Crippen LogP contribution in [0.4, 0.5) is 0 Å². The van der Waals surface area contributed by atoms with E-state index in [1.54, 1.807) is 12.5 Å². The van der Waals surface area contributed by atoms with Crippen molar-refractivity contribution in [2.45, 2.75) is 12.8 Å². The van der Waals surface area contributed by atoms with Crippen LogP contribution in [0, 0.1) is 0 Å². The largest absolute Gasteiger partial charge is 0.348 e. The second-order valence-corrected chi connectivity index (χ2v) is 2.47. The van der Waals surface area contributed by atoms with Gasteiger partial charge in [0, 0.05) is 18.3 Å². The van der Waals surface area contributed by atoms with Crippen molar-refractivity contribution in [1.82, 2.24) is 9.97 Å². The molecule has 1 rings (SSSR count). The highest BCUT2D eigenvalue weighted by atomic mass is 32.1. The Balaban J connectivity index is 2.35. The summed E-state index contributed by atoms with van der Waals surface area (Å²) in [6, 6.07) is 0. The number of H-pyrrole nitrogens is 1. The fourth-order valence-corrected chi connectivity index (χ4v) is 0.775. The molecule has 3 nitrogen and oxygen atoms in total. The number of rotatable bonds is 3. The molecule has 0 aromatic carbocycles. The number of nitrogens with one attached hydrogen (secondary N) is 1. The number of aromatic amines is 1. The summed E-state index contributed by atoms with van der Waals surface area (Å²) in [7, 11) is 0. The van der Waals surface area contributed by atoms with Crippen LogP contribution in [0.5, 0.6) is 0 Å². The first-order valence-electron chi connectivity index (χ1n) is 2.98. The smallest absolute Gasteiger partial charge is 0.186 e. The molecule has 0 bridgehead atoms. The first kappa shape index (κ1) is 7.34. The summed E-state index contributed by atoms with van der Waals surface area (Å²) >= 11 is 3.64. The Hall–Kier alpha value is -0.770. The molecule has 0 aliphatic carbocycles. The van der Waals surface area contributed by atoms with E-state index in [4.69, 9.17) is 0 Å². The number of nitrogens with zero attached hydrogens (tertiary/aromatic N) is 1. The maximum atomic E-state index is 10.4. The van der Waals surface area contributed by atoms with Crippen molar-refractivity contribution < 1.29 is 4.79 Å². The number of carbonyl (C=O) groups is 1. The lowest BCUT2D eigenvalue weighted by molar-refractivity contribution is -0.110. The molecular formula is C6H8N2OS. The molecule has 10 heavy (non-hydrogen) atoms. The Kier molecular flexibility index (Phi) is 2.50. The van der Waals surface area contributed by atoms with Gasteiger partial charge in [-0.2, -0.15) is 0 Å². The molecule has 4 heteroatoms. The predicted molar refractivity (Wildman–Crippen MR) is 40.9 cm³/mol. The van der Waals surface area contributed by atoms with Gasteiger partial charge >= 0.3 is 0 Å². The fourth-order valence-electron chi connectivity index (χ4n) is 0.663. The Morgan fingerprint density at radius 1 is 1.80 bits per heavy atom. The van der Waals surface area contributed by atoms with Gasteiger partial charge in [0.25, 0.3) is 0 Å². The van der Waals surface area contributed by atoms with Crippen molar-refractivity contribution >= 4 is 17.7 Å². The summed E-state index contributed by atoms with van der Waals surface area (Å²) < 4.78 is 0. The summed E-state index contributed by atoms with van der Waals surface area (Å²) in [6.45, 7) is 0. The van der Waals surface area contributed by atoms with E-state index in [0.29, 0.717) is 12.8 Å². The summed E-state index contributed by atoms with van der Waals surface area (Å²) in [5.41, 5.74) is 0.974. The van der Waals surface area contributed by atoms with Gasteiger partial charge in [-0.05, 0) is 6.42 Å². The second kappa shape index (κ2) is 3.41. The molecule has 0 saturated carbocycles. The summed E-state index contributed by atoms with van der Waals surface area (Å²) in [5.74, 6) is 0. The molecule has 0 unspecified atom stereocenters. The highest BCUT2D eigenvalue weighted by molar-refractivity contribution is 7.96. The maximum absolute atomic E-state index is 10.4. The molecule has 0 aliphatic heterocycles. The summed E-state index contributed by atoms with van der Waals surface area (Å²) in [4.78, 5) is 17.1. The monoisotopic (exact) mass is 156 g/mol. The molecule has 1 heterocycles. The molecule has 0 amide bonds.